The van der Waals surface area contributed by atoms with Gasteiger partial charge < -0.3 is 5.32 Å². The molecule has 0 radical (unpaired) electrons. The summed E-state index contributed by atoms with van der Waals surface area (Å²) in [7, 11) is -3.11. The van der Waals surface area contributed by atoms with Gasteiger partial charge in [0.15, 0.2) is 0 Å². The van der Waals surface area contributed by atoms with Crippen molar-refractivity contribution < 1.29 is 8.42 Å². The van der Waals surface area contributed by atoms with E-state index in [9.17, 15) is 8.42 Å². The van der Waals surface area contributed by atoms with E-state index >= 15 is 0 Å². The molecule has 1 heterocycles. The summed E-state index contributed by atoms with van der Waals surface area (Å²) >= 11 is 0. The highest BCUT2D eigenvalue weighted by Crippen LogP contribution is 2.03. The van der Waals surface area contributed by atoms with Crippen LogP contribution in [0.3, 0.4) is 0 Å². The molecule has 9 heteroatoms. The highest BCUT2D eigenvalue weighted by atomic mass is 32.2. The molecule has 0 fully saturated rings. The zero-order chi connectivity index (χ0) is 12.7. The molecule has 17 heavy (non-hydrogen) atoms. The number of hydrazine groups is 1. The second-order valence-corrected chi connectivity index (χ2v) is 5.19. The quantitative estimate of drug-likeness (QED) is 0.285. The number of anilines is 2. The van der Waals surface area contributed by atoms with Crippen LogP contribution in [0, 0.1) is 0 Å². The van der Waals surface area contributed by atoms with Gasteiger partial charge >= 0.3 is 0 Å². The smallest absolute Gasteiger partial charge is 0.239 e. The molecule has 96 valence electrons. The first-order chi connectivity index (χ1) is 8.01. The van der Waals surface area contributed by atoms with Crippen molar-refractivity contribution in [3.63, 3.8) is 0 Å². The zero-order valence-electron chi connectivity index (χ0n) is 9.47. The largest absolute Gasteiger partial charge is 0.370 e. The Bertz CT molecular complexity index is 449. The lowest BCUT2D eigenvalue weighted by Gasteiger charge is -2.06. The molecule has 0 aliphatic carbocycles. The average Bonchev–Trinajstić information content (AvgIpc) is 2.27. The van der Waals surface area contributed by atoms with Crippen molar-refractivity contribution in [2.75, 3.05) is 30.1 Å². The van der Waals surface area contributed by atoms with Crippen LogP contribution in [-0.2, 0) is 10.0 Å². The Morgan fingerprint density at radius 2 is 2.18 bits per heavy atom. The maximum atomic E-state index is 10.8. The SMILES string of the molecule is CS(=O)(=O)NCCCNc1ccnc(NN)n1. The molecule has 5 N–H and O–H groups in total. The fourth-order valence-electron chi connectivity index (χ4n) is 1.09. The van der Waals surface area contributed by atoms with Crippen molar-refractivity contribution >= 4 is 21.8 Å². The van der Waals surface area contributed by atoms with Gasteiger partial charge in [0, 0.05) is 19.3 Å². The Labute approximate surface area is 100 Å². The Kier molecular flexibility index (Phi) is 5.07. The van der Waals surface area contributed by atoms with E-state index in [2.05, 4.69) is 25.4 Å². The molecular weight excluding hydrogens is 244 g/mol. The first-order valence-corrected chi connectivity index (χ1v) is 6.88. The van der Waals surface area contributed by atoms with Gasteiger partial charge in [0.2, 0.25) is 16.0 Å². The predicted octanol–water partition coefficient (Wildman–Crippen LogP) is -0.887. The summed E-state index contributed by atoms with van der Waals surface area (Å²) < 4.78 is 23.9. The first kappa shape index (κ1) is 13.6. The summed E-state index contributed by atoms with van der Waals surface area (Å²) in [6, 6.07) is 1.70. The number of sulfonamides is 1. The van der Waals surface area contributed by atoms with Gasteiger partial charge in [-0.25, -0.2) is 24.0 Å². The highest BCUT2D eigenvalue weighted by Gasteiger charge is 1.99. The van der Waals surface area contributed by atoms with Crippen LogP contribution in [0.1, 0.15) is 6.42 Å². The molecule has 0 aliphatic heterocycles. The Hall–Kier alpha value is -1.45. The molecule has 0 saturated carbocycles. The van der Waals surface area contributed by atoms with E-state index in [1.165, 1.54) is 0 Å². The van der Waals surface area contributed by atoms with Crippen molar-refractivity contribution in [3.05, 3.63) is 12.3 Å². The van der Waals surface area contributed by atoms with Gasteiger partial charge in [-0.2, -0.15) is 4.98 Å². The summed E-state index contributed by atoms with van der Waals surface area (Å²) in [5.74, 6) is 6.12. The number of nitrogens with zero attached hydrogens (tertiary/aromatic N) is 2. The number of nitrogens with one attached hydrogen (secondary N) is 3. The first-order valence-electron chi connectivity index (χ1n) is 4.99. The summed E-state index contributed by atoms with van der Waals surface area (Å²) in [6.07, 6.45) is 3.35. The fraction of sp³-hybridized carbons (Fsp3) is 0.500. The summed E-state index contributed by atoms with van der Waals surface area (Å²) in [6.45, 7) is 0.989. The van der Waals surface area contributed by atoms with Crippen LogP contribution in [0.5, 0.6) is 0 Å². The third kappa shape index (κ3) is 6.00. The molecule has 0 saturated heterocycles. The fourth-order valence-corrected chi connectivity index (χ4v) is 1.60. The molecule has 0 amide bonds. The Morgan fingerprint density at radius 3 is 2.82 bits per heavy atom. The van der Waals surface area contributed by atoms with Crippen LogP contribution < -0.4 is 21.3 Å². The zero-order valence-corrected chi connectivity index (χ0v) is 10.3. The van der Waals surface area contributed by atoms with Gasteiger partial charge in [0.1, 0.15) is 5.82 Å². The average molecular weight is 260 g/mol. The van der Waals surface area contributed by atoms with Crippen molar-refractivity contribution in [2.24, 2.45) is 5.84 Å². The minimum Gasteiger partial charge on any atom is -0.370 e. The third-order valence-electron chi connectivity index (χ3n) is 1.81. The van der Waals surface area contributed by atoms with E-state index in [0.29, 0.717) is 31.3 Å². The number of hydrogen-bond acceptors (Lipinski definition) is 7. The molecule has 8 nitrogen and oxygen atoms in total. The van der Waals surface area contributed by atoms with Gasteiger partial charge in [0.25, 0.3) is 0 Å². The monoisotopic (exact) mass is 260 g/mol. The number of aromatic nitrogens is 2. The van der Waals surface area contributed by atoms with Gasteiger partial charge in [0.05, 0.1) is 6.26 Å². The highest BCUT2D eigenvalue weighted by molar-refractivity contribution is 7.88. The predicted molar refractivity (Wildman–Crippen MR) is 65.8 cm³/mol. The molecule has 0 spiro atoms. The summed E-state index contributed by atoms with van der Waals surface area (Å²) in [4.78, 5) is 7.90. The molecule has 0 aliphatic rings. The maximum absolute atomic E-state index is 10.8. The van der Waals surface area contributed by atoms with Gasteiger partial charge in [-0.1, -0.05) is 0 Å². The lowest BCUT2D eigenvalue weighted by molar-refractivity contribution is 0.586. The second kappa shape index (κ2) is 6.33. The lowest BCUT2D eigenvalue weighted by atomic mass is 10.4. The lowest BCUT2D eigenvalue weighted by Crippen LogP contribution is -2.24. The standard InChI is InChI=1S/C8H16N6O2S/c1-17(15,16)12-5-2-4-10-7-3-6-11-8(13-7)14-9/h3,6,12H,2,4-5,9H2,1H3,(H2,10,11,13,14). The van der Waals surface area contributed by atoms with Crippen LogP contribution in [0.2, 0.25) is 0 Å². The van der Waals surface area contributed by atoms with Crippen molar-refractivity contribution in [1.29, 1.82) is 0 Å². The number of hydrogen-bond donors (Lipinski definition) is 4. The van der Waals surface area contributed by atoms with E-state index in [1.807, 2.05) is 0 Å². The van der Waals surface area contributed by atoms with Crippen LogP contribution in [0.4, 0.5) is 11.8 Å². The van der Waals surface area contributed by atoms with Crippen molar-refractivity contribution in [1.82, 2.24) is 14.7 Å². The third-order valence-corrected chi connectivity index (χ3v) is 2.54. The molecule has 0 atom stereocenters. The molecule has 0 unspecified atom stereocenters. The molecular formula is C8H16N6O2S. The van der Waals surface area contributed by atoms with Gasteiger partial charge in [-0.3, -0.25) is 5.43 Å². The summed E-state index contributed by atoms with van der Waals surface area (Å²) in [5.41, 5.74) is 2.33. The minimum atomic E-state index is -3.11. The second-order valence-electron chi connectivity index (χ2n) is 3.36. The van der Waals surface area contributed by atoms with Crippen LogP contribution in [-0.4, -0.2) is 37.7 Å². The van der Waals surface area contributed by atoms with E-state index in [-0.39, 0.29) is 0 Å². The number of nitrogen functional groups attached to an aromatic ring is 1. The molecule has 1 rings (SSSR count). The van der Waals surface area contributed by atoms with Gasteiger partial charge in [-0.05, 0) is 12.5 Å². The Morgan fingerprint density at radius 1 is 1.41 bits per heavy atom. The van der Waals surface area contributed by atoms with E-state index in [4.69, 9.17) is 5.84 Å². The summed E-state index contributed by atoms with van der Waals surface area (Å²) in [5, 5.41) is 3.02. The number of rotatable bonds is 7. The van der Waals surface area contributed by atoms with Crippen LogP contribution >= 0.6 is 0 Å². The molecule has 0 aromatic carbocycles. The van der Waals surface area contributed by atoms with Crippen molar-refractivity contribution in [3.8, 4) is 0 Å². The van der Waals surface area contributed by atoms with E-state index in [0.717, 1.165) is 6.26 Å². The van der Waals surface area contributed by atoms with E-state index in [1.54, 1.807) is 12.3 Å². The van der Waals surface area contributed by atoms with Gasteiger partial charge in [-0.15, -0.1) is 0 Å². The van der Waals surface area contributed by atoms with E-state index < -0.39 is 10.0 Å². The molecule has 0 bridgehead atoms. The minimum absolute atomic E-state index is 0.323. The maximum Gasteiger partial charge on any atom is 0.239 e. The topological polar surface area (TPSA) is 122 Å². The van der Waals surface area contributed by atoms with Crippen LogP contribution in [0.25, 0.3) is 0 Å². The van der Waals surface area contributed by atoms with Crippen molar-refractivity contribution in [2.45, 2.75) is 6.42 Å². The molecule has 1 aromatic heterocycles. The Balaban J connectivity index is 2.26. The normalized spacial score (nSPS) is 11.2. The number of nitrogens with two attached hydrogens (primary N) is 1. The molecule has 1 aromatic rings. The van der Waals surface area contributed by atoms with Crippen LogP contribution in [0.15, 0.2) is 12.3 Å².